The Morgan fingerprint density at radius 2 is 1.94 bits per heavy atom. The van der Waals surface area contributed by atoms with Crippen molar-refractivity contribution in [3.8, 4) is 0 Å². The fourth-order valence-corrected chi connectivity index (χ4v) is 2.52. The highest BCUT2D eigenvalue weighted by molar-refractivity contribution is 5.85. The molecule has 94 valence electrons. The standard InChI is InChI=1S/C14H19NO.ClH/c1-11-10-14(16)8-9-15(11)12(2)13-6-4-3-5-7-13;/h3-7,11-12H,8-10H2,1-2H3;1H/t11-,12+;/m1./s1. The number of Topliss-reactive ketones (excluding diaryl/α,β-unsaturated/α-hetero) is 1. The van der Waals surface area contributed by atoms with Crippen LogP contribution < -0.4 is 0 Å². The van der Waals surface area contributed by atoms with Gasteiger partial charge in [-0.3, -0.25) is 9.69 Å². The molecule has 0 unspecified atom stereocenters. The van der Waals surface area contributed by atoms with Gasteiger partial charge in [0.25, 0.3) is 0 Å². The molecule has 0 spiro atoms. The predicted octanol–water partition coefficient (Wildman–Crippen LogP) is 3.22. The minimum atomic E-state index is 0. The number of benzene rings is 1. The lowest BCUT2D eigenvalue weighted by molar-refractivity contribution is -0.123. The number of halogens is 1. The minimum absolute atomic E-state index is 0. The normalized spacial score (nSPS) is 22.9. The first kappa shape index (κ1) is 14.2. The van der Waals surface area contributed by atoms with Gasteiger partial charge in [0.15, 0.2) is 0 Å². The first-order chi connectivity index (χ1) is 7.68. The van der Waals surface area contributed by atoms with Crippen LogP contribution in [0.15, 0.2) is 30.3 Å². The smallest absolute Gasteiger partial charge is 0.135 e. The maximum Gasteiger partial charge on any atom is 0.135 e. The lowest BCUT2D eigenvalue weighted by Gasteiger charge is -2.37. The maximum absolute atomic E-state index is 11.4. The van der Waals surface area contributed by atoms with Gasteiger partial charge >= 0.3 is 0 Å². The van der Waals surface area contributed by atoms with E-state index in [4.69, 9.17) is 0 Å². The molecule has 2 rings (SSSR count). The van der Waals surface area contributed by atoms with Crippen LogP contribution in [0.3, 0.4) is 0 Å². The van der Waals surface area contributed by atoms with E-state index < -0.39 is 0 Å². The first-order valence-corrected chi connectivity index (χ1v) is 6.01. The van der Waals surface area contributed by atoms with Gasteiger partial charge in [-0.05, 0) is 19.4 Å². The Bertz CT molecular complexity index is 366. The molecule has 0 aromatic heterocycles. The Balaban J connectivity index is 0.00000144. The van der Waals surface area contributed by atoms with Gasteiger partial charge in [0.2, 0.25) is 0 Å². The highest BCUT2D eigenvalue weighted by Crippen LogP contribution is 2.26. The van der Waals surface area contributed by atoms with Gasteiger partial charge in [0, 0.05) is 31.5 Å². The van der Waals surface area contributed by atoms with Crippen LogP contribution in [-0.2, 0) is 4.79 Å². The van der Waals surface area contributed by atoms with E-state index in [2.05, 4.69) is 43.0 Å². The van der Waals surface area contributed by atoms with E-state index in [9.17, 15) is 4.79 Å². The third-order valence-corrected chi connectivity index (χ3v) is 3.52. The van der Waals surface area contributed by atoms with Crippen LogP contribution >= 0.6 is 12.4 Å². The molecule has 2 atom stereocenters. The summed E-state index contributed by atoms with van der Waals surface area (Å²) in [5, 5.41) is 0. The summed E-state index contributed by atoms with van der Waals surface area (Å²) in [7, 11) is 0. The molecule has 3 heteroatoms. The van der Waals surface area contributed by atoms with Crippen molar-refractivity contribution >= 4 is 18.2 Å². The molecular weight excluding hydrogens is 234 g/mol. The zero-order chi connectivity index (χ0) is 11.5. The number of carbonyl (C=O) groups is 1. The number of likely N-dealkylation sites (tertiary alicyclic amines) is 1. The maximum atomic E-state index is 11.4. The van der Waals surface area contributed by atoms with Crippen molar-refractivity contribution < 1.29 is 4.79 Å². The van der Waals surface area contributed by atoms with Gasteiger partial charge in [-0.2, -0.15) is 0 Å². The van der Waals surface area contributed by atoms with Gasteiger partial charge < -0.3 is 0 Å². The van der Waals surface area contributed by atoms with Crippen molar-refractivity contribution in [3.63, 3.8) is 0 Å². The zero-order valence-electron chi connectivity index (χ0n) is 10.4. The largest absolute Gasteiger partial charge is 0.300 e. The highest BCUT2D eigenvalue weighted by Gasteiger charge is 2.27. The molecule has 1 aromatic rings. The summed E-state index contributed by atoms with van der Waals surface area (Å²) in [5.74, 6) is 0.406. The van der Waals surface area contributed by atoms with E-state index in [0.717, 1.165) is 6.54 Å². The summed E-state index contributed by atoms with van der Waals surface area (Å²) >= 11 is 0. The Kier molecular flexibility index (Phi) is 5.16. The molecule has 1 aliphatic rings. The average Bonchev–Trinajstić information content (AvgIpc) is 2.29. The third-order valence-electron chi connectivity index (χ3n) is 3.52. The van der Waals surface area contributed by atoms with Crippen molar-refractivity contribution in [1.82, 2.24) is 4.90 Å². The molecule has 0 radical (unpaired) electrons. The zero-order valence-corrected chi connectivity index (χ0v) is 11.2. The molecule has 1 fully saturated rings. The van der Waals surface area contributed by atoms with E-state index in [1.165, 1.54) is 5.56 Å². The van der Waals surface area contributed by atoms with Crippen molar-refractivity contribution in [2.24, 2.45) is 0 Å². The Morgan fingerprint density at radius 1 is 1.29 bits per heavy atom. The molecule has 0 amide bonds. The average molecular weight is 254 g/mol. The van der Waals surface area contributed by atoms with Crippen LogP contribution in [0.4, 0.5) is 0 Å². The molecular formula is C14H20ClNO. The number of nitrogens with zero attached hydrogens (tertiary/aromatic N) is 1. The molecule has 1 heterocycles. The van der Waals surface area contributed by atoms with E-state index in [1.807, 2.05) is 6.07 Å². The molecule has 2 nitrogen and oxygen atoms in total. The van der Waals surface area contributed by atoms with Crippen LogP contribution in [0.25, 0.3) is 0 Å². The Hall–Kier alpha value is -0.860. The van der Waals surface area contributed by atoms with Crippen LogP contribution in [0, 0.1) is 0 Å². The lowest BCUT2D eigenvalue weighted by atomic mass is 9.97. The van der Waals surface area contributed by atoms with E-state index in [0.29, 0.717) is 30.7 Å². The third kappa shape index (κ3) is 3.30. The van der Waals surface area contributed by atoms with E-state index in [-0.39, 0.29) is 12.4 Å². The van der Waals surface area contributed by atoms with Crippen LogP contribution in [0.1, 0.15) is 38.3 Å². The second-order valence-electron chi connectivity index (χ2n) is 4.67. The van der Waals surface area contributed by atoms with Gasteiger partial charge in [-0.25, -0.2) is 0 Å². The number of hydrogen-bond donors (Lipinski definition) is 0. The SMILES string of the molecule is C[C@@H]1CC(=O)CCN1[C@@H](C)c1ccccc1.Cl. The summed E-state index contributed by atoms with van der Waals surface area (Å²) in [5.41, 5.74) is 1.34. The number of piperidine rings is 1. The van der Waals surface area contributed by atoms with Crippen molar-refractivity contribution in [1.29, 1.82) is 0 Å². The molecule has 1 aromatic carbocycles. The Morgan fingerprint density at radius 3 is 2.53 bits per heavy atom. The van der Waals surface area contributed by atoms with Gasteiger partial charge in [0.05, 0.1) is 0 Å². The molecule has 1 aliphatic heterocycles. The molecule has 17 heavy (non-hydrogen) atoms. The summed E-state index contributed by atoms with van der Waals surface area (Å²) in [6.07, 6.45) is 1.42. The number of rotatable bonds is 2. The quantitative estimate of drug-likeness (QED) is 0.807. The van der Waals surface area contributed by atoms with E-state index in [1.54, 1.807) is 0 Å². The minimum Gasteiger partial charge on any atom is -0.300 e. The summed E-state index contributed by atoms with van der Waals surface area (Å²) in [6.45, 7) is 5.27. The predicted molar refractivity (Wildman–Crippen MR) is 72.5 cm³/mol. The fraction of sp³-hybridized carbons (Fsp3) is 0.500. The summed E-state index contributed by atoms with van der Waals surface area (Å²) in [4.78, 5) is 13.8. The molecule has 0 aliphatic carbocycles. The monoisotopic (exact) mass is 253 g/mol. The second-order valence-corrected chi connectivity index (χ2v) is 4.67. The van der Waals surface area contributed by atoms with Crippen molar-refractivity contribution in [3.05, 3.63) is 35.9 Å². The lowest BCUT2D eigenvalue weighted by Crippen LogP contribution is -2.42. The van der Waals surface area contributed by atoms with Gasteiger partial charge in [-0.15, -0.1) is 12.4 Å². The van der Waals surface area contributed by atoms with E-state index >= 15 is 0 Å². The number of carbonyl (C=O) groups excluding carboxylic acids is 1. The topological polar surface area (TPSA) is 20.3 Å². The number of ketones is 1. The molecule has 0 saturated carbocycles. The summed E-state index contributed by atoms with van der Waals surface area (Å²) in [6, 6.07) is 11.3. The molecule has 0 N–H and O–H groups in total. The fourth-order valence-electron chi connectivity index (χ4n) is 2.52. The van der Waals surface area contributed by atoms with Crippen molar-refractivity contribution in [2.75, 3.05) is 6.54 Å². The number of hydrogen-bond acceptors (Lipinski definition) is 2. The van der Waals surface area contributed by atoms with Crippen LogP contribution in [-0.4, -0.2) is 23.3 Å². The molecule has 0 bridgehead atoms. The second kappa shape index (κ2) is 6.18. The highest BCUT2D eigenvalue weighted by atomic mass is 35.5. The van der Waals surface area contributed by atoms with Crippen LogP contribution in [0.5, 0.6) is 0 Å². The summed E-state index contributed by atoms with van der Waals surface area (Å²) < 4.78 is 0. The van der Waals surface area contributed by atoms with Gasteiger partial charge in [-0.1, -0.05) is 30.3 Å². The van der Waals surface area contributed by atoms with Crippen molar-refractivity contribution in [2.45, 2.75) is 38.8 Å². The first-order valence-electron chi connectivity index (χ1n) is 6.01. The Labute approximate surface area is 109 Å². The van der Waals surface area contributed by atoms with Gasteiger partial charge in [0.1, 0.15) is 5.78 Å². The van der Waals surface area contributed by atoms with Crippen LogP contribution in [0.2, 0.25) is 0 Å². The molecule has 1 saturated heterocycles.